The summed E-state index contributed by atoms with van der Waals surface area (Å²) in [6, 6.07) is 9.34. The third-order valence-corrected chi connectivity index (χ3v) is 4.93. The van der Waals surface area contributed by atoms with Crippen LogP contribution in [0.3, 0.4) is 0 Å². The van der Waals surface area contributed by atoms with E-state index < -0.39 is 0 Å². The zero-order chi connectivity index (χ0) is 12.4. The van der Waals surface area contributed by atoms with E-state index in [1.807, 2.05) is 0 Å². The number of hydrogen-bond donors (Lipinski definition) is 1. The quantitative estimate of drug-likeness (QED) is 0.916. The summed E-state index contributed by atoms with van der Waals surface area (Å²) in [6.45, 7) is 2.46. The molecule has 18 heavy (non-hydrogen) atoms. The third kappa shape index (κ3) is 2.79. The Kier molecular flexibility index (Phi) is 4.02. The molecular weight excluding hydrogens is 288 g/mol. The molecule has 0 atom stereocenters. The summed E-state index contributed by atoms with van der Waals surface area (Å²) in [4.78, 5) is 0. The fourth-order valence-corrected chi connectivity index (χ4v) is 3.67. The Morgan fingerprint density at radius 2 is 1.78 bits per heavy atom. The topological polar surface area (TPSA) is 15.3 Å². The molecule has 1 N–H and O–H groups in total. The predicted molar refractivity (Wildman–Crippen MR) is 78.5 cm³/mol. The molecule has 98 valence electrons. The van der Waals surface area contributed by atoms with E-state index in [4.69, 9.17) is 0 Å². The first-order valence-electron chi connectivity index (χ1n) is 7.08. The summed E-state index contributed by atoms with van der Waals surface area (Å²) in [7, 11) is 0. The number of halogens is 1. The van der Waals surface area contributed by atoms with Crippen molar-refractivity contribution in [3.8, 4) is 0 Å². The van der Waals surface area contributed by atoms with Crippen LogP contribution in [0.4, 0.5) is 0 Å². The van der Waals surface area contributed by atoms with Gasteiger partial charge < -0.3 is 0 Å². The first kappa shape index (κ1) is 12.6. The van der Waals surface area contributed by atoms with E-state index in [2.05, 4.69) is 50.6 Å². The maximum absolute atomic E-state index is 3.69. The van der Waals surface area contributed by atoms with Crippen LogP contribution in [-0.4, -0.2) is 24.1 Å². The Morgan fingerprint density at radius 3 is 2.50 bits per heavy atom. The molecule has 2 nitrogen and oxygen atoms in total. The average molecular weight is 309 g/mol. The van der Waals surface area contributed by atoms with Gasteiger partial charge in [-0.2, -0.15) is 0 Å². The standard InChI is InChI=1S/C15H21BrN2/c16-15-7-3-2-6-14(15)12-10-13(11-12)17-18-8-4-1-5-9-18/h2-3,6-7,12-13,17H,1,4-5,8-11H2. The van der Waals surface area contributed by atoms with Gasteiger partial charge in [-0.15, -0.1) is 0 Å². The van der Waals surface area contributed by atoms with Crippen molar-refractivity contribution < 1.29 is 0 Å². The molecule has 2 aliphatic rings. The molecule has 0 bridgehead atoms. The van der Waals surface area contributed by atoms with Crippen molar-refractivity contribution in [2.75, 3.05) is 13.1 Å². The zero-order valence-electron chi connectivity index (χ0n) is 10.7. The van der Waals surface area contributed by atoms with E-state index in [9.17, 15) is 0 Å². The largest absolute Gasteiger partial charge is 0.252 e. The smallest absolute Gasteiger partial charge is 0.0227 e. The minimum atomic E-state index is 0.695. The minimum absolute atomic E-state index is 0.695. The van der Waals surface area contributed by atoms with Crippen molar-refractivity contribution in [1.82, 2.24) is 10.4 Å². The zero-order valence-corrected chi connectivity index (χ0v) is 12.3. The van der Waals surface area contributed by atoms with Gasteiger partial charge in [0.1, 0.15) is 0 Å². The Bertz CT molecular complexity index is 395. The van der Waals surface area contributed by atoms with Gasteiger partial charge in [0.2, 0.25) is 0 Å². The molecule has 2 fully saturated rings. The third-order valence-electron chi connectivity index (χ3n) is 4.20. The summed E-state index contributed by atoms with van der Waals surface area (Å²) in [5.41, 5.74) is 5.17. The van der Waals surface area contributed by atoms with Crippen molar-refractivity contribution in [3.63, 3.8) is 0 Å². The predicted octanol–water partition coefficient (Wildman–Crippen LogP) is 3.69. The highest BCUT2D eigenvalue weighted by Crippen LogP contribution is 2.40. The first-order chi connectivity index (χ1) is 8.83. The van der Waals surface area contributed by atoms with Gasteiger partial charge in [0.05, 0.1) is 0 Å². The van der Waals surface area contributed by atoms with Crippen LogP contribution < -0.4 is 5.43 Å². The summed E-state index contributed by atoms with van der Waals surface area (Å²) in [5.74, 6) is 0.739. The molecule has 3 rings (SSSR count). The molecule has 1 aliphatic heterocycles. The van der Waals surface area contributed by atoms with E-state index in [1.165, 1.54) is 55.2 Å². The van der Waals surface area contributed by atoms with Crippen molar-refractivity contribution in [3.05, 3.63) is 34.3 Å². The highest BCUT2D eigenvalue weighted by molar-refractivity contribution is 9.10. The Balaban J connectivity index is 1.49. The van der Waals surface area contributed by atoms with Crippen molar-refractivity contribution in [2.45, 2.75) is 44.1 Å². The molecule has 0 radical (unpaired) electrons. The molecule has 1 aromatic rings. The maximum Gasteiger partial charge on any atom is 0.0227 e. The molecule has 1 saturated carbocycles. The van der Waals surface area contributed by atoms with Crippen LogP contribution >= 0.6 is 15.9 Å². The highest BCUT2D eigenvalue weighted by atomic mass is 79.9. The molecule has 1 saturated heterocycles. The van der Waals surface area contributed by atoms with Crippen LogP contribution in [0.5, 0.6) is 0 Å². The molecule has 0 amide bonds. The highest BCUT2D eigenvalue weighted by Gasteiger charge is 2.32. The molecule has 1 aromatic carbocycles. The second-order valence-corrected chi connectivity index (χ2v) is 6.42. The number of rotatable bonds is 3. The normalized spacial score (nSPS) is 28.9. The molecule has 0 aromatic heterocycles. The van der Waals surface area contributed by atoms with Crippen LogP contribution in [0, 0.1) is 0 Å². The number of hydrogen-bond acceptors (Lipinski definition) is 2. The molecule has 1 heterocycles. The second-order valence-electron chi connectivity index (χ2n) is 5.56. The average Bonchev–Trinajstić information content (AvgIpc) is 2.36. The molecule has 1 aliphatic carbocycles. The van der Waals surface area contributed by atoms with Gasteiger partial charge in [0.15, 0.2) is 0 Å². The fourth-order valence-electron chi connectivity index (χ4n) is 3.06. The van der Waals surface area contributed by atoms with Gasteiger partial charge in [0, 0.05) is 23.6 Å². The van der Waals surface area contributed by atoms with E-state index >= 15 is 0 Å². The van der Waals surface area contributed by atoms with Crippen LogP contribution in [0.15, 0.2) is 28.7 Å². The number of nitrogens with one attached hydrogen (secondary N) is 1. The number of hydrazine groups is 1. The number of nitrogens with zero attached hydrogens (tertiary/aromatic N) is 1. The lowest BCUT2D eigenvalue weighted by molar-refractivity contribution is 0.0916. The lowest BCUT2D eigenvalue weighted by Gasteiger charge is -2.41. The summed E-state index contributed by atoms with van der Waals surface area (Å²) in [6.07, 6.45) is 6.67. The summed E-state index contributed by atoms with van der Waals surface area (Å²) < 4.78 is 1.27. The second kappa shape index (κ2) is 5.72. The van der Waals surface area contributed by atoms with Crippen molar-refractivity contribution >= 4 is 15.9 Å². The molecule has 0 unspecified atom stereocenters. The summed E-state index contributed by atoms with van der Waals surface area (Å²) >= 11 is 3.66. The number of benzene rings is 1. The van der Waals surface area contributed by atoms with E-state index in [0.29, 0.717) is 6.04 Å². The van der Waals surface area contributed by atoms with Crippen LogP contribution in [0.1, 0.15) is 43.6 Å². The lowest BCUT2D eigenvalue weighted by Crippen LogP contribution is -2.51. The van der Waals surface area contributed by atoms with Gasteiger partial charge in [-0.3, -0.25) is 5.43 Å². The lowest BCUT2D eigenvalue weighted by atomic mass is 9.76. The summed E-state index contributed by atoms with van der Waals surface area (Å²) in [5, 5.41) is 2.43. The minimum Gasteiger partial charge on any atom is -0.252 e. The fraction of sp³-hybridized carbons (Fsp3) is 0.600. The van der Waals surface area contributed by atoms with E-state index in [-0.39, 0.29) is 0 Å². The molecular formula is C15H21BrN2. The monoisotopic (exact) mass is 308 g/mol. The van der Waals surface area contributed by atoms with Gasteiger partial charge in [0.25, 0.3) is 0 Å². The maximum atomic E-state index is 3.69. The Morgan fingerprint density at radius 1 is 1.06 bits per heavy atom. The van der Waals surface area contributed by atoms with Crippen molar-refractivity contribution in [1.29, 1.82) is 0 Å². The van der Waals surface area contributed by atoms with Crippen molar-refractivity contribution in [2.24, 2.45) is 0 Å². The molecule has 0 spiro atoms. The first-order valence-corrected chi connectivity index (χ1v) is 7.88. The molecule has 3 heteroatoms. The van der Waals surface area contributed by atoms with Gasteiger partial charge in [-0.05, 0) is 43.2 Å². The van der Waals surface area contributed by atoms with Gasteiger partial charge in [-0.1, -0.05) is 40.5 Å². The van der Waals surface area contributed by atoms with Gasteiger partial charge >= 0.3 is 0 Å². The van der Waals surface area contributed by atoms with Crippen LogP contribution in [0.2, 0.25) is 0 Å². The van der Waals surface area contributed by atoms with E-state index in [1.54, 1.807) is 0 Å². The van der Waals surface area contributed by atoms with Gasteiger partial charge in [-0.25, -0.2) is 5.01 Å². The van der Waals surface area contributed by atoms with Crippen LogP contribution in [-0.2, 0) is 0 Å². The van der Waals surface area contributed by atoms with E-state index in [0.717, 1.165) is 5.92 Å². The Hall–Kier alpha value is -0.380. The SMILES string of the molecule is Brc1ccccc1C1CC(NN2CCCCC2)C1. The van der Waals surface area contributed by atoms with Crippen LogP contribution in [0.25, 0.3) is 0 Å². The number of piperidine rings is 1. The Labute approximate surface area is 118 Å².